The third-order valence-electron chi connectivity index (χ3n) is 4.71. The van der Waals surface area contributed by atoms with E-state index in [4.69, 9.17) is 15.7 Å². The second-order valence-corrected chi connectivity index (χ2v) is 7.28. The predicted octanol–water partition coefficient (Wildman–Crippen LogP) is 2.57. The van der Waals surface area contributed by atoms with Gasteiger partial charge in [-0.25, -0.2) is 10.6 Å². The minimum atomic E-state index is -5.08. The highest BCUT2D eigenvalue weighted by Crippen LogP contribution is 2.13. The lowest BCUT2D eigenvalue weighted by atomic mass is 10.1. The van der Waals surface area contributed by atoms with Crippen LogP contribution in [0, 0.1) is 0 Å². The summed E-state index contributed by atoms with van der Waals surface area (Å²) in [6.45, 7) is 8.16. The van der Waals surface area contributed by atoms with Crippen molar-refractivity contribution < 1.29 is 27.9 Å². The van der Waals surface area contributed by atoms with Crippen molar-refractivity contribution in [1.29, 1.82) is 0 Å². The number of rotatable bonds is 7. The van der Waals surface area contributed by atoms with Crippen LogP contribution in [0.5, 0.6) is 0 Å². The molecule has 1 amide bonds. The van der Waals surface area contributed by atoms with Crippen molar-refractivity contribution in [3.63, 3.8) is 0 Å². The van der Waals surface area contributed by atoms with Gasteiger partial charge in [-0.05, 0) is 31.2 Å². The number of likely N-dealkylation sites (N-methyl/N-ethyl adjacent to an activating group) is 1. The molecule has 0 atom stereocenters. The van der Waals surface area contributed by atoms with Crippen molar-refractivity contribution in [2.75, 3.05) is 39.8 Å². The molecule has 0 unspecified atom stereocenters. The first-order valence-electron chi connectivity index (χ1n) is 9.91. The van der Waals surface area contributed by atoms with E-state index in [0.29, 0.717) is 12.1 Å². The van der Waals surface area contributed by atoms with E-state index in [1.54, 1.807) is 0 Å². The van der Waals surface area contributed by atoms with Gasteiger partial charge in [-0.2, -0.15) is 13.2 Å². The van der Waals surface area contributed by atoms with Crippen LogP contribution in [0.2, 0.25) is 0 Å². The summed E-state index contributed by atoms with van der Waals surface area (Å²) in [5.74, 6) is 3.01. The quantitative estimate of drug-likeness (QED) is 0.298. The van der Waals surface area contributed by atoms with Crippen LogP contribution in [-0.4, -0.2) is 77.7 Å². The molecule has 0 aromatic heterocycles. The van der Waals surface area contributed by atoms with Crippen molar-refractivity contribution >= 4 is 11.9 Å². The van der Waals surface area contributed by atoms with Crippen LogP contribution in [0.15, 0.2) is 24.3 Å². The van der Waals surface area contributed by atoms with Crippen LogP contribution in [-0.2, 0) is 11.3 Å². The number of alkyl halides is 3. The molecule has 1 saturated heterocycles. The lowest BCUT2D eigenvalue weighted by molar-refractivity contribution is -0.192. The molecule has 2 rings (SSSR count). The fourth-order valence-electron chi connectivity index (χ4n) is 2.82. The Morgan fingerprint density at radius 2 is 1.63 bits per heavy atom. The van der Waals surface area contributed by atoms with E-state index in [1.165, 1.54) is 10.6 Å². The van der Waals surface area contributed by atoms with Crippen molar-refractivity contribution in [1.82, 2.24) is 14.8 Å². The van der Waals surface area contributed by atoms with Crippen LogP contribution < -0.4 is 5.84 Å². The molecule has 1 aromatic rings. The first kappa shape index (κ1) is 25.9. The summed E-state index contributed by atoms with van der Waals surface area (Å²) in [6.07, 6.45) is -1.89. The number of hydrogen-bond donors (Lipinski definition) is 2. The number of benzene rings is 1. The molecule has 1 aliphatic rings. The monoisotopic (exact) mass is 432 g/mol. The molecule has 0 aliphatic carbocycles. The summed E-state index contributed by atoms with van der Waals surface area (Å²) in [5, 5.41) is 8.46. The third kappa shape index (κ3) is 9.55. The zero-order chi connectivity index (χ0) is 22.7. The number of carboxylic acids is 1. The summed E-state index contributed by atoms with van der Waals surface area (Å²) < 4.78 is 31.7. The van der Waals surface area contributed by atoms with E-state index < -0.39 is 12.1 Å². The van der Waals surface area contributed by atoms with Gasteiger partial charge in [-0.15, -0.1) is 0 Å². The predicted molar refractivity (Wildman–Crippen MR) is 108 cm³/mol. The molecular formula is C20H31F3N4O3. The molecule has 7 nitrogen and oxygen atoms in total. The normalized spacial score (nSPS) is 15.3. The number of nitrogens with zero attached hydrogens (tertiary/aromatic N) is 3. The highest BCUT2D eigenvalue weighted by Gasteiger charge is 2.38. The van der Waals surface area contributed by atoms with E-state index in [2.05, 4.69) is 23.8 Å². The summed E-state index contributed by atoms with van der Waals surface area (Å²) in [7, 11) is 2.16. The van der Waals surface area contributed by atoms with Gasteiger partial charge in [-0.3, -0.25) is 14.7 Å². The van der Waals surface area contributed by atoms with Gasteiger partial charge >= 0.3 is 12.1 Å². The minimum Gasteiger partial charge on any atom is -0.475 e. The molecule has 1 heterocycles. The number of piperazine rings is 1. The second-order valence-electron chi connectivity index (χ2n) is 7.28. The van der Waals surface area contributed by atoms with Gasteiger partial charge in [0.2, 0.25) is 0 Å². The van der Waals surface area contributed by atoms with Crippen molar-refractivity contribution in [3.8, 4) is 0 Å². The molecule has 0 bridgehead atoms. The van der Waals surface area contributed by atoms with E-state index in [1.807, 2.05) is 24.3 Å². The number of amides is 1. The Labute approximate surface area is 175 Å². The maximum absolute atomic E-state index is 12.3. The van der Waals surface area contributed by atoms with E-state index in [9.17, 15) is 18.0 Å². The minimum absolute atomic E-state index is 0.0905. The molecule has 0 spiro atoms. The fraction of sp³-hybridized carbons (Fsp3) is 0.600. The Morgan fingerprint density at radius 1 is 1.10 bits per heavy atom. The van der Waals surface area contributed by atoms with Gasteiger partial charge in [0, 0.05) is 44.8 Å². The average molecular weight is 432 g/mol. The Kier molecular flexibility index (Phi) is 10.8. The molecule has 30 heavy (non-hydrogen) atoms. The number of carboxylic acid groups (broad SMARTS) is 1. The van der Waals surface area contributed by atoms with Crippen molar-refractivity contribution in [2.45, 2.75) is 38.9 Å². The molecule has 10 heteroatoms. The van der Waals surface area contributed by atoms with Gasteiger partial charge in [0.25, 0.3) is 5.91 Å². The fourth-order valence-corrected chi connectivity index (χ4v) is 2.82. The molecule has 1 fully saturated rings. The van der Waals surface area contributed by atoms with Crippen LogP contribution in [0.1, 0.15) is 42.1 Å². The standard InChI is InChI=1S/C18H30N4O.C2HF3O2/c1-3-4-5-10-22(19)18(23)17-8-6-16(7-9-17)15-21-13-11-20(2)12-14-21;3-2(4,5)1(6)7/h6-9H,3-5,10-15,19H2,1-2H3;(H,6,7). The number of hydrogen-bond acceptors (Lipinski definition) is 5. The van der Waals surface area contributed by atoms with Crippen molar-refractivity contribution in [3.05, 3.63) is 35.4 Å². The summed E-state index contributed by atoms with van der Waals surface area (Å²) in [5.41, 5.74) is 1.92. The smallest absolute Gasteiger partial charge is 0.475 e. The average Bonchev–Trinajstić information content (AvgIpc) is 2.69. The van der Waals surface area contributed by atoms with Crippen LogP contribution in [0.3, 0.4) is 0 Å². The van der Waals surface area contributed by atoms with Gasteiger partial charge < -0.3 is 10.0 Å². The Balaban J connectivity index is 0.000000553. The van der Waals surface area contributed by atoms with Crippen LogP contribution in [0.25, 0.3) is 0 Å². The number of carbonyl (C=O) groups excluding carboxylic acids is 1. The summed E-state index contributed by atoms with van der Waals surface area (Å²) >= 11 is 0. The molecule has 3 N–H and O–H groups in total. The van der Waals surface area contributed by atoms with E-state index in [-0.39, 0.29) is 5.91 Å². The molecule has 170 valence electrons. The van der Waals surface area contributed by atoms with Crippen molar-refractivity contribution in [2.24, 2.45) is 5.84 Å². The summed E-state index contributed by atoms with van der Waals surface area (Å²) in [4.78, 5) is 26.0. The number of carbonyl (C=O) groups is 2. The third-order valence-corrected chi connectivity index (χ3v) is 4.71. The number of hydrazine groups is 1. The first-order chi connectivity index (χ1) is 14.0. The molecule has 1 aliphatic heterocycles. The second kappa shape index (κ2) is 12.5. The number of unbranched alkanes of at least 4 members (excludes halogenated alkanes) is 2. The molecule has 1 aromatic carbocycles. The highest BCUT2D eigenvalue weighted by atomic mass is 19.4. The Bertz CT molecular complexity index is 660. The highest BCUT2D eigenvalue weighted by molar-refractivity contribution is 5.93. The van der Waals surface area contributed by atoms with Gasteiger partial charge in [0.05, 0.1) is 0 Å². The van der Waals surface area contributed by atoms with E-state index in [0.717, 1.165) is 52.0 Å². The lowest BCUT2D eigenvalue weighted by Crippen LogP contribution is -2.43. The maximum atomic E-state index is 12.3. The molecule has 0 radical (unpaired) electrons. The number of aliphatic carboxylic acids is 1. The number of halogens is 3. The topological polar surface area (TPSA) is 90.1 Å². The molecule has 0 saturated carbocycles. The van der Waals surface area contributed by atoms with Crippen LogP contribution in [0.4, 0.5) is 13.2 Å². The SMILES string of the molecule is CCCCCN(N)C(=O)c1ccc(CN2CCN(C)CC2)cc1.O=C(O)C(F)(F)F. The Hall–Kier alpha value is -2.17. The molecular weight excluding hydrogens is 401 g/mol. The zero-order valence-corrected chi connectivity index (χ0v) is 17.5. The number of nitrogens with two attached hydrogens (primary N) is 1. The van der Waals surface area contributed by atoms with E-state index >= 15 is 0 Å². The largest absolute Gasteiger partial charge is 0.490 e. The Morgan fingerprint density at radius 3 is 2.10 bits per heavy atom. The summed E-state index contributed by atoms with van der Waals surface area (Å²) in [6, 6.07) is 7.89. The van der Waals surface area contributed by atoms with Gasteiger partial charge in [0.15, 0.2) is 0 Å². The lowest BCUT2D eigenvalue weighted by Gasteiger charge is -2.32. The van der Waals surface area contributed by atoms with Gasteiger partial charge in [0.1, 0.15) is 0 Å². The van der Waals surface area contributed by atoms with Crippen LogP contribution >= 0.6 is 0 Å². The zero-order valence-electron chi connectivity index (χ0n) is 17.5. The maximum Gasteiger partial charge on any atom is 0.490 e. The van der Waals surface area contributed by atoms with Gasteiger partial charge in [-0.1, -0.05) is 31.9 Å². The first-order valence-corrected chi connectivity index (χ1v) is 9.91.